The minimum Gasteiger partial charge on any atom is -0.381 e. The highest BCUT2D eigenvalue weighted by Crippen LogP contribution is 2.42. The molecule has 1 aromatic rings. The van der Waals surface area contributed by atoms with Gasteiger partial charge in [-0.1, -0.05) is 25.5 Å². The Balaban J connectivity index is 3.23. The van der Waals surface area contributed by atoms with Gasteiger partial charge in [0, 0.05) is 0 Å². The molecule has 0 amide bonds. The number of benzene rings is 1. The summed E-state index contributed by atoms with van der Waals surface area (Å²) in [5.41, 5.74) is -4.93. The Bertz CT molecular complexity index is 463. The molecule has 0 aliphatic heterocycles. The van der Waals surface area contributed by atoms with Crippen LogP contribution >= 0.6 is 0 Å². The highest BCUT2D eigenvalue weighted by molar-refractivity contribution is 5.30. The van der Waals surface area contributed by atoms with Gasteiger partial charge in [0.1, 0.15) is 0 Å². The zero-order chi connectivity index (χ0) is 16.5. The molecule has 0 spiro atoms. The average Bonchev–Trinajstić information content (AvgIpc) is 2.36. The first kappa shape index (κ1) is 17.7. The molecule has 1 aromatic carbocycles. The average molecular weight is 318 g/mol. The lowest BCUT2D eigenvalue weighted by atomic mass is 9.85. The zero-order valence-electron chi connectivity index (χ0n) is 10.9. The van der Waals surface area contributed by atoms with Crippen LogP contribution in [-0.2, 0) is 11.8 Å². The van der Waals surface area contributed by atoms with Gasteiger partial charge in [0.25, 0.3) is 0 Å². The molecule has 0 aromatic heterocycles. The summed E-state index contributed by atoms with van der Waals surface area (Å²) in [7, 11) is 0. The molecule has 1 rings (SSSR count). The molecule has 0 radical (unpaired) electrons. The summed E-state index contributed by atoms with van der Waals surface area (Å²) in [6, 6.07) is 2.21. The number of halogens is 7. The van der Waals surface area contributed by atoms with Crippen LogP contribution in [0.1, 0.15) is 30.9 Å². The van der Waals surface area contributed by atoms with Gasteiger partial charge in [-0.3, -0.25) is 0 Å². The van der Waals surface area contributed by atoms with E-state index in [0.29, 0.717) is 24.3 Å². The Labute approximate surface area is 116 Å². The number of aliphatic hydroxyl groups is 1. The van der Waals surface area contributed by atoms with Crippen molar-refractivity contribution in [2.45, 2.75) is 43.9 Å². The summed E-state index contributed by atoms with van der Waals surface area (Å²) in [5, 5.41) is 9.20. The van der Waals surface area contributed by atoms with Gasteiger partial charge >= 0.3 is 12.4 Å². The first-order valence-corrected chi connectivity index (χ1v) is 6.04. The number of hydrogen-bond donors (Lipinski definition) is 1. The molecule has 2 unspecified atom stereocenters. The van der Waals surface area contributed by atoms with Gasteiger partial charge < -0.3 is 5.11 Å². The molecule has 0 aliphatic carbocycles. The maximum Gasteiger partial charge on any atom is 0.417 e. The smallest absolute Gasteiger partial charge is 0.381 e. The van der Waals surface area contributed by atoms with E-state index in [-0.39, 0.29) is 6.42 Å². The molecule has 2 atom stereocenters. The van der Waals surface area contributed by atoms with Crippen molar-refractivity contribution in [3.05, 3.63) is 35.4 Å². The molecule has 0 saturated carbocycles. The van der Waals surface area contributed by atoms with E-state index in [0.717, 1.165) is 0 Å². The summed E-state index contributed by atoms with van der Waals surface area (Å²) >= 11 is 0. The van der Waals surface area contributed by atoms with Gasteiger partial charge in [-0.05, 0) is 24.1 Å². The van der Waals surface area contributed by atoms with Crippen molar-refractivity contribution in [3.63, 3.8) is 0 Å². The van der Waals surface area contributed by atoms with Crippen LogP contribution < -0.4 is 0 Å². The summed E-state index contributed by atoms with van der Waals surface area (Å²) in [6.07, 6.45) is -13.9. The van der Waals surface area contributed by atoms with Crippen molar-refractivity contribution in [1.29, 1.82) is 0 Å². The van der Waals surface area contributed by atoms with Crippen molar-refractivity contribution < 1.29 is 35.8 Å². The Kier molecular flexibility index (Phi) is 4.92. The molecule has 0 heterocycles. The van der Waals surface area contributed by atoms with E-state index in [4.69, 9.17) is 0 Å². The minimum atomic E-state index is -5.22. The second-order valence-electron chi connectivity index (χ2n) is 4.63. The maximum atomic E-state index is 14.6. The molecule has 1 N–H and O–H groups in total. The summed E-state index contributed by atoms with van der Waals surface area (Å²) in [4.78, 5) is 0. The number of rotatable bonds is 4. The van der Waals surface area contributed by atoms with Gasteiger partial charge in [-0.25, -0.2) is 4.39 Å². The van der Waals surface area contributed by atoms with Crippen LogP contribution in [0.15, 0.2) is 24.3 Å². The Morgan fingerprint density at radius 1 is 0.905 bits per heavy atom. The predicted molar refractivity (Wildman–Crippen MR) is 61.2 cm³/mol. The number of aliphatic hydroxyl groups excluding tert-OH is 1. The van der Waals surface area contributed by atoms with Crippen molar-refractivity contribution in [1.82, 2.24) is 0 Å². The Hall–Kier alpha value is -1.31. The molecule has 0 fully saturated rings. The third kappa shape index (κ3) is 3.87. The largest absolute Gasteiger partial charge is 0.417 e. The van der Waals surface area contributed by atoms with E-state index in [9.17, 15) is 35.8 Å². The molecule has 0 saturated heterocycles. The van der Waals surface area contributed by atoms with Crippen molar-refractivity contribution in [2.75, 3.05) is 0 Å². The molecule has 21 heavy (non-hydrogen) atoms. The first-order chi connectivity index (χ1) is 9.43. The third-order valence-electron chi connectivity index (χ3n) is 3.05. The monoisotopic (exact) mass is 318 g/mol. The predicted octanol–water partition coefficient (Wildman–Crippen LogP) is 4.59. The van der Waals surface area contributed by atoms with Crippen LogP contribution in [0.5, 0.6) is 0 Å². The second kappa shape index (κ2) is 5.82. The summed E-state index contributed by atoms with van der Waals surface area (Å²) in [6.45, 7) is 1.40. The first-order valence-electron chi connectivity index (χ1n) is 6.04. The number of hydrogen-bond acceptors (Lipinski definition) is 1. The van der Waals surface area contributed by atoms with Crippen molar-refractivity contribution >= 4 is 0 Å². The van der Waals surface area contributed by atoms with Crippen molar-refractivity contribution in [2.24, 2.45) is 0 Å². The molecule has 8 heteroatoms. The minimum absolute atomic E-state index is 0.0232. The Morgan fingerprint density at radius 3 is 1.67 bits per heavy atom. The fraction of sp³-hybridized carbons (Fsp3) is 0.538. The van der Waals surface area contributed by atoms with E-state index in [1.807, 2.05) is 0 Å². The molecular weight excluding hydrogens is 305 g/mol. The highest BCUT2D eigenvalue weighted by atomic mass is 19.4. The lowest BCUT2D eigenvalue weighted by Gasteiger charge is -2.32. The lowest BCUT2D eigenvalue weighted by molar-refractivity contribution is -0.246. The molecule has 1 nitrogen and oxygen atoms in total. The van der Waals surface area contributed by atoms with Crippen LogP contribution in [0.3, 0.4) is 0 Å². The standard InChI is InChI=1S/C13H13F7O/c1-2-7-11(14,10(21)13(18,19)20)8-3-5-9(6-4-8)12(15,16)17/h3-6,10,21H,2,7H2,1H3. The lowest BCUT2D eigenvalue weighted by Crippen LogP contribution is -2.45. The number of alkyl halides is 7. The second-order valence-corrected chi connectivity index (χ2v) is 4.63. The quantitative estimate of drug-likeness (QED) is 0.805. The molecule has 120 valence electrons. The van der Waals surface area contributed by atoms with E-state index in [2.05, 4.69) is 0 Å². The molecule has 0 bridgehead atoms. The van der Waals surface area contributed by atoms with E-state index in [1.54, 1.807) is 0 Å². The maximum absolute atomic E-state index is 14.6. The summed E-state index contributed by atoms with van der Waals surface area (Å²) < 4.78 is 89.4. The zero-order valence-corrected chi connectivity index (χ0v) is 10.9. The summed E-state index contributed by atoms with van der Waals surface area (Å²) in [5.74, 6) is 0. The Morgan fingerprint density at radius 2 is 1.33 bits per heavy atom. The third-order valence-corrected chi connectivity index (χ3v) is 3.05. The molecular formula is C13H13F7O. The van der Waals surface area contributed by atoms with Gasteiger partial charge in [0.15, 0.2) is 11.8 Å². The topological polar surface area (TPSA) is 20.2 Å². The van der Waals surface area contributed by atoms with Crippen LogP contribution in [0.2, 0.25) is 0 Å². The van der Waals surface area contributed by atoms with Crippen LogP contribution in [0, 0.1) is 0 Å². The van der Waals surface area contributed by atoms with E-state index >= 15 is 0 Å². The fourth-order valence-corrected chi connectivity index (χ4v) is 2.00. The van der Waals surface area contributed by atoms with E-state index < -0.39 is 41.7 Å². The normalized spacial score (nSPS) is 17.4. The highest BCUT2D eigenvalue weighted by Gasteiger charge is 2.54. The van der Waals surface area contributed by atoms with E-state index in [1.165, 1.54) is 6.92 Å². The van der Waals surface area contributed by atoms with Crippen LogP contribution in [0.25, 0.3) is 0 Å². The van der Waals surface area contributed by atoms with Crippen LogP contribution in [0.4, 0.5) is 30.7 Å². The van der Waals surface area contributed by atoms with Gasteiger partial charge in [-0.15, -0.1) is 0 Å². The fourth-order valence-electron chi connectivity index (χ4n) is 2.00. The SMILES string of the molecule is CCCC(F)(c1ccc(C(F)(F)F)cc1)C(O)C(F)(F)F. The van der Waals surface area contributed by atoms with Gasteiger partial charge in [0.05, 0.1) is 5.56 Å². The van der Waals surface area contributed by atoms with Gasteiger partial charge in [0.2, 0.25) is 0 Å². The molecule has 0 aliphatic rings. The van der Waals surface area contributed by atoms with Crippen molar-refractivity contribution in [3.8, 4) is 0 Å². The van der Waals surface area contributed by atoms with Crippen LogP contribution in [-0.4, -0.2) is 17.4 Å². The van der Waals surface area contributed by atoms with Gasteiger partial charge in [-0.2, -0.15) is 26.3 Å².